The van der Waals surface area contributed by atoms with Crippen molar-refractivity contribution in [3.05, 3.63) is 121 Å². The number of hydrogen-bond acceptors (Lipinski definition) is 0. The molecule has 156 valence electrons. The van der Waals surface area contributed by atoms with Crippen molar-refractivity contribution in [1.29, 1.82) is 0 Å². The van der Waals surface area contributed by atoms with Gasteiger partial charge in [-0.2, -0.15) is 0 Å². The lowest BCUT2D eigenvalue weighted by atomic mass is 10.4. The Morgan fingerprint density at radius 2 is 0.839 bits per heavy atom. The fraction of sp³-hybridized carbons (Fsp3) is 0.143. The van der Waals surface area contributed by atoms with Gasteiger partial charge in [0.15, 0.2) is 0 Å². The van der Waals surface area contributed by atoms with E-state index in [4.69, 9.17) is 0 Å². The van der Waals surface area contributed by atoms with Crippen molar-refractivity contribution in [2.75, 3.05) is 5.79 Å². The molecule has 0 nitrogen and oxygen atoms in total. The molecule has 0 aliphatic heterocycles. The van der Waals surface area contributed by atoms with Crippen molar-refractivity contribution < 1.29 is 0 Å². The molecule has 0 heterocycles. The van der Waals surface area contributed by atoms with Gasteiger partial charge < -0.3 is 0 Å². The van der Waals surface area contributed by atoms with Gasteiger partial charge in [0.25, 0.3) is 0 Å². The quantitative estimate of drug-likeness (QED) is 0.255. The molecule has 0 N–H and O–H groups in total. The van der Waals surface area contributed by atoms with E-state index in [-0.39, 0.29) is 17.4 Å². The highest BCUT2D eigenvalue weighted by molar-refractivity contribution is 7.77. The molecule has 0 saturated heterocycles. The number of benzene rings is 4. The first-order chi connectivity index (χ1) is 15.1. The van der Waals surface area contributed by atoms with Crippen LogP contribution in [0, 0.1) is 0 Å². The van der Waals surface area contributed by atoms with Gasteiger partial charge in [0.2, 0.25) is 0 Å². The topological polar surface area (TPSA) is 0 Å². The van der Waals surface area contributed by atoms with Gasteiger partial charge in [-0.1, -0.05) is 135 Å². The third kappa shape index (κ3) is 5.61. The molecule has 31 heavy (non-hydrogen) atoms. The molecule has 4 aromatic carbocycles. The van der Waals surface area contributed by atoms with E-state index in [0.717, 1.165) is 0 Å². The minimum absolute atomic E-state index is 0.306. The fourth-order valence-corrected chi connectivity index (χ4v) is 16.2. The Kier molecular flexibility index (Phi) is 7.52. The Labute approximate surface area is 192 Å². The summed E-state index contributed by atoms with van der Waals surface area (Å²) < 4.78 is 0.336. The van der Waals surface area contributed by atoms with Crippen LogP contribution in [-0.4, -0.2) is 20.1 Å². The summed E-state index contributed by atoms with van der Waals surface area (Å²) >= 11 is 0. The molecule has 0 saturated carbocycles. The molecule has 0 atom stereocenters. The molecule has 0 aliphatic carbocycles. The zero-order valence-corrected chi connectivity index (χ0v) is 21.6. The van der Waals surface area contributed by atoms with Gasteiger partial charge in [-0.3, -0.25) is 0 Å². The first-order valence-electron chi connectivity index (χ1n) is 10.9. The maximum Gasteiger partial charge on any atom is 0.0379 e. The molecule has 0 spiro atoms. The van der Waals surface area contributed by atoms with Gasteiger partial charge in [-0.15, -0.1) is 0 Å². The smallest absolute Gasteiger partial charge is 0.0379 e. The highest BCUT2D eigenvalue weighted by atomic mass is 31.1. The van der Waals surface area contributed by atoms with Crippen molar-refractivity contribution in [1.82, 2.24) is 0 Å². The highest BCUT2D eigenvalue weighted by Gasteiger charge is 2.33. The Morgan fingerprint density at radius 3 is 1.19 bits per heavy atom. The second-order valence-corrected chi connectivity index (χ2v) is 17.8. The maximum absolute atomic E-state index is 2.54. The summed E-state index contributed by atoms with van der Waals surface area (Å²) in [5.74, 6) is 1.34. The van der Waals surface area contributed by atoms with Gasteiger partial charge in [-0.25, -0.2) is 0 Å². The fourth-order valence-electron chi connectivity index (χ4n) is 4.12. The summed E-state index contributed by atoms with van der Waals surface area (Å²) in [5.41, 5.74) is 0. The van der Waals surface area contributed by atoms with E-state index in [9.17, 15) is 0 Å². The van der Waals surface area contributed by atoms with E-state index in [2.05, 4.69) is 135 Å². The average Bonchev–Trinajstić information content (AvgIpc) is 2.82. The van der Waals surface area contributed by atoms with Crippen LogP contribution in [-0.2, 0) is 0 Å². The Morgan fingerprint density at radius 1 is 0.516 bits per heavy atom. The third-order valence-electron chi connectivity index (χ3n) is 5.72. The van der Waals surface area contributed by atoms with E-state index in [1.54, 1.807) is 0 Å². The second kappa shape index (κ2) is 10.5. The average molecular weight is 457 g/mol. The summed E-state index contributed by atoms with van der Waals surface area (Å²) in [7, 11) is -1.07. The van der Waals surface area contributed by atoms with Crippen molar-refractivity contribution in [2.24, 2.45) is 0 Å². The molecule has 0 amide bonds. The lowest BCUT2D eigenvalue weighted by Crippen LogP contribution is -2.37. The number of hydrogen-bond donors (Lipinski definition) is 0. The molecule has 0 unspecified atom stereocenters. The van der Waals surface area contributed by atoms with Gasteiger partial charge in [-0.05, 0) is 47.6 Å². The summed E-state index contributed by atoms with van der Waals surface area (Å²) in [4.78, 5) is 0. The Hall–Kier alpha value is -2.04. The predicted molar refractivity (Wildman–Crippen MR) is 146 cm³/mol. The van der Waals surface area contributed by atoms with Crippen molar-refractivity contribution in [2.45, 2.75) is 18.6 Å². The molecule has 4 rings (SSSR count). The van der Waals surface area contributed by atoms with Gasteiger partial charge in [0.05, 0.1) is 0 Å². The van der Waals surface area contributed by atoms with Crippen molar-refractivity contribution in [3.63, 3.8) is 0 Å². The van der Waals surface area contributed by atoms with Crippen LogP contribution in [0.5, 0.6) is 0 Å². The van der Waals surface area contributed by atoms with E-state index < -0.39 is 7.92 Å². The SMILES string of the molecule is CC(C)([SiH2]CP(c1ccccc1)c1ccccc1)P(c1ccccc1)c1ccccc1. The molecule has 0 aromatic heterocycles. The van der Waals surface area contributed by atoms with Crippen molar-refractivity contribution >= 4 is 46.6 Å². The minimum Gasteiger partial charge on any atom is -0.0622 e. The maximum atomic E-state index is 2.54. The first kappa shape index (κ1) is 22.2. The van der Waals surface area contributed by atoms with Gasteiger partial charge >= 0.3 is 0 Å². The molecule has 4 aromatic rings. The molecular weight excluding hydrogens is 426 g/mol. The Bertz CT molecular complexity index is 972. The van der Waals surface area contributed by atoms with Crippen LogP contribution in [0.1, 0.15) is 13.8 Å². The third-order valence-corrected chi connectivity index (χ3v) is 15.9. The van der Waals surface area contributed by atoms with Crippen LogP contribution in [0.15, 0.2) is 121 Å². The largest absolute Gasteiger partial charge is 0.0622 e. The van der Waals surface area contributed by atoms with Crippen LogP contribution >= 0.6 is 15.8 Å². The van der Waals surface area contributed by atoms with Crippen LogP contribution in [0.2, 0.25) is 0 Å². The summed E-state index contributed by atoms with van der Waals surface area (Å²) in [6.45, 7) is 5.07. The molecule has 3 heteroatoms. The van der Waals surface area contributed by atoms with Gasteiger partial charge in [0, 0.05) is 9.52 Å². The van der Waals surface area contributed by atoms with Crippen LogP contribution in [0.25, 0.3) is 0 Å². The molecule has 0 radical (unpaired) electrons. The van der Waals surface area contributed by atoms with Crippen molar-refractivity contribution in [3.8, 4) is 0 Å². The molecular formula is C28H30P2Si. The monoisotopic (exact) mass is 456 g/mol. The minimum atomic E-state index is -0.391. The zero-order chi connectivity index (χ0) is 21.5. The lowest BCUT2D eigenvalue weighted by Gasteiger charge is -2.37. The molecule has 0 aliphatic rings. The van der Waals surface area contributed by atoms with Crippen LogP contribution < -0.4 is 21.2 Å². The summed E-state index contributed by atoms with van der Waals surface area (Å²) in [6.07, 6.45) is 0. The second-order valence-electron chi connectivity index (χ2n) is 8.39. The summed E-state index contributed by atoms with van der Waals surface area (Å²) in [5, 5.41) is 6.03. The zero-order valence-electron chi connectivity index (χ0n) is 18.4. The summed E-state index contributed by atoms with van der Waals surface area (Å²) in [6, 6.07) is 44.8. The van der Waals surface area contributed by atoms with E-state index in [1.807, 2.05) is 0 Å². The van der Waals surface area contributed by atoms with Crippen LogP contribution in [0.3, 0.4) is 0 Å². The van der Waals surface area contributed by atoms with Crippen LogP contribution in [0.4, 0.5) is 0 Å². The predicted octanol–water partition coefficient (Wildman–Crippen LogP) is 5.11. The number of rotatable bonds is 8. The molecule has 0 bridgehead atoms. The Balaban J connectivity index is 1.65. The standard InChI is InChI=1S/C28H30P2Si/c1-28(2,30(26-19-11-5-12-20-26)27-21-13-6-14-22-27)31-23-29(24-15-7-3-8-16-24)25-17-9-4-10-18-25/h3-22H,23,31H2,1-2H3. The first-order valence-corrected chi connectivity index (χ1v) is 15.5. The molecule has 0 fully saturated rings. The van der Waals surface area contributed by atoms with Gasteiger partial charge in [0.1, 0.15) is 0 Å². The van der Waals surface area contributed by atoms with E-state index >= 15 is 0 Å². The highest BCUT2D eigenvalue weighted by Crippen LogP contribution is 2.48. The van der Waals surface area contributed by atoms with E-state index in [1.165, 1.54) is 27.0 Å². The lowest BCUT2D eigenvalue weighted by molar-refractivity contribution is 0.981. The van der Waals surface area contributed by atoms with E-state index in [0.29, 0.717) is 4.78 Å². The normalized spacial score (nSPS) is 12.1.